The molecule has 1 nitrogen and oxygen atoms in total. The average molecular weight is 241 g/mol. The second-order valence-electron chi connectivity index (χ2n) is 3.33. The van der Waals surface area contributed by atoms with Crippen LogP contribution in [0, 0.1) is 5.92 Å². The second-order valence-corrected chi connectivity index (χ2v) is 3.33. The smallest absolute Gasteiger partial charge is 0.303 e. The molecule has 0 saturated carbocycles. The van der Waals surface area contributed by atoms with Crippen molar-refractivity contribution < 1.29 is 13.2 Å². The number of likely N-dealkylation sites (tertiary alicyclic amines) is 1. The van der Waals surface area contributed by atoms with Gasteiger partial charge in [-0.25, -0.2) is 0 Å². The topological polar surface area (TPSA) is 3.24 Å². The minimum Gasteiger partial charge on any atom is -0.303 e. The molecule has 0 aliphatic carbocycles. The zero-order valence-electron chi connectivity index (χ0n) is 11.2. The minimum atomic E-state index is -3.98. The average Bonchev–Trinajstić information content (AvgIpc) is 2.73. The third-order valence-electron chi connectivity index (χ3n) is 2.28. The Labute approximate surface area is 98.0 Å². The van der Waals surface area contributed by atoms with Crippen molar-refractivity contribution in [2.45, 2.75) is 53.6 Å². The van der Waals surface area contributed by atoms with E-state index in [1.165, 1.54) is 0 Å². The van der Waals surface area contributed by atoms with Gasteiger partial charge in [-0.15, -0.1) is 0 Å². The van der Waals surface area contributed by atoms with Gasteiger partial charge >= 0.3 is 6.18 Å². The van der Waals surface area contributed by atoms with E-state index in [4.69, 9.17) is 0 Å². The molecule has 1 fully saturated rings. The standard InChI is InChI=1S/C8H14F3N.2C2H6/c1-2-4-12-5-3-7(6-12)8(9,10)11;2*1-2/h7H,2-6H2,1H3;2*1-2H3. The van der Waals surface area contributed by atoms with Crippen LogP contribution in [-0.2, 0) is 0 Å². The van der Waals surface area contributed by atoms with Gasteiger partial charge in [0.15, 0.2) is 0 Å². The fourth-order valence-corrected chi connectivity index (χ4v) is 1.62. The van der Waals surface area contributed by atoms with Gasteiger partial charge in [-0.3, -0.25) is 0 Å². The normalized spacial score (nSPS) is 20.6. The lowest BCUT2D eigenvalue weighted by Gasteiger charge is -2.16. The van der Waals surface area contributed by atoms with Crippen LogP contribution in [0.15, 0.2) is 0 Å². The van der Waals surface area contributed by atoms with E-state index in [0.717, 1.165) is 13.0 Å². The molecular formula is C12H26F3N. The maximum atomic E-state index is 12.1. The molecule has 1 atom stereocenters. The van der Waals surface area contributed by atoms with Crippen LogP contribution in [-0.4, -0.2) is 30.7 Å². The molecule has 0 N–H and O–H groups in total. The number of nitrogens with zero attached hydrogens (tertiary/aromatic N) is 1. The lowest BCUT2D eigenvalue weighted by Crippen LogP contribution is -2.27. The molecule has 0 spiro atoms. The van der Waals surface area contributed by atoms with E-state index < -0.39 is 12.1 Å². The van der Waals surface area contributed by atoms with Crippen LogP contribution < -0.4 is 0 Å². The number of halogens is 3. The predicted octanol–water partition coefficient (Wildman–Crippen LogP) is 4.33. The van der Waals surface area contributed by atoms with Crippen LogP contribution in [0.4, 0.5) is 13.2 Å². The molecule has 0 aromatic rings. The van der Waals surface area contributed by atoms with Gasteiger partial charge in [0.25, 0.3) is 0 Å². The fourth-order valence-electron chi connectivity index (χ4n) is 1.62. The van der Waals surface area contributed by atoms with Gasteiger partial charge in [-0.1, -0.05) is 34.6 Å². The number of hydrogen-bond donors (Lipinski definition) is 0. The molecule has 1 aliphatic heterocycles. The molecule has 0 aromatic carbocycles. The van der Waals surface area contributed by atoms with E-state index in [2.05, 4.69) is 0 Å². The van der Waals surface area contributed by atoms with Crippen molar-refractivity contribution in [2.24, 2.45) is 5.92 Å². The largest absolute Gasteiger partial charge is 0.393 e. The molecule has 0 amide bonds. The van der Waals surface area contributed by atoms with Crippen LogP contribution in [0.25, 0.3) is 0 Å². The first-order chi connectivity index (χ1) is 7.54. The summed E-state index contributed by atoms with van der Waals surface area (Å²) in [5.41, 5.74) is 0. The Morgan fingerprint density at radius 3 is 1.94 bits per heavy atom. The van der Waals surface area contributed by atoms with E-state index in [9.17, 15) is 13.2 Å². The summed E-state index contributed by atoms with van der Waals surface area (Å²) in [6.45, 7) is 11.6. The van der Waals surface area contributed by atoms with E-state index >= 15 is 0 Å². The SMILES string of the molecule is CC.CC.CCCN1CCC(C(F)(F)F)C1. The van der Waals surface area contributed by atoms with Crippen molar-refractivity contribution in [1.82, 2.24) is 4.90 Å². The first-order valence-corrected chi connectivity index (χ1v) is 6.33. The number of hydrogen-bond acceptors (Lipinski definition) is 1. The van der Waals surface area contributed by atoms with Crippen LogP contribution in [0.2, 0.25) is 0 Å². The van der Waals surface area contributed by atoms with Crippen LogP contribution >= 0.6 is 0 Å². The summed E-state index contributed by atoms with van der Waals surface area (Å²) in [4.78, 5) is 1.89. The first-order valence-electron chi connectivity index (χ1n) is 6.33. The summed E-state index contributed by atoms with van der Waals surface area (Å²) < 4.78 is 36.4. The summed E-state index contributed by atoms with van der Waals surface area (Å²) in [7, 11) is 0. The van der Waals surface area contributed by atoms with Crippen molar-refractivity contribution in [3.05, 3.63) is 0 Å². The number of rotatable bonds is 2. The molecule has 1 aliphatic rings. The van der Waals surface area contributed by atoms with Gasteiger partial charge in [0.05, 0.1) is 5.92 Å². The highest BCUT2D eigenvalue weighted by Gasteiger charge is 2.43. The summed E-state index contributed by atoms with van der Waals surface area (Å²) >= 11 is 0. The second kappa shape index (κ2) is 9.94. The quantitative estimate of drug-likeness (QED) is 0.695. The van der Waals surface area contributed by atoms with Crippen molar-refractivity contribution in [3.63, 3.8) is 0 Å². The molecule has 0 aromatic heterocycles. The lowest BCUT2D eigenvalue weighted by atomic mass is 10.1. The summed E-state index contributed by atoms with van der Waals surface area (Å²) in [6.07, 6.45) is -2.77. The predicted molar refractivity (Wildman–Crippen MR) is 63.6 cm³/mol. The van der Waals surface area contributed by atoms with Crippen molar-refractivity contribution >= 4 is 0 Å². The third-order valence-corrected chi connectivity index (χ3v) is 2.28. The molecule has 1 rings (SSSR count). The highest BCUT2D eigenvalue weighted by atomic mass is 19.4. The monoisotopic (exact) mass is 241 g/mol. The molecule has 1 heterocycles. The first kappa shape index (κ1) is 18.1. The van der Waals surface area contributed by atoms with Crippen LogP contribution in [0.1, 0.15) is 47.5 Å². The maximum absolute atomic E-state index is 12.1. The van der Waals surface area contributed by atoms with E-state index in [0.29, 0.717) is 6.54 Å². The van der Waals surface area contributed by atoms with Gasteiger partial charge in [0, 0.05) is 6.54 Å². The van der Waals surface area contributed by atoms with E-state index in [1.807, 2.05) is 39.5 Å². The Kier molecular flexibility index (Phi) is 11.3. The Balaban J connectivity index is 0. The Morgan fingerprint density at radius 1 is 1.12 bits per heavy atom. The van der Waals surface area contributed by atoms with Gasteiger partial charge in [-0.05, 0) is 25.9 Å². The molecule has 0 bridgehead atoms. The highest BCUT2D eigenvalue weighted by molar-refractivity contribution is 4.79. The zero-order valence-corrected chi connectivity index (χ0v) is 11.2. The molecule has 0 radical (unpaired) electrons. The zero-order chi connectivity index (χ0) is 13.2. The Morgan fingerprint density at radius 2 is 1.62 bits per heavy atom. The summed E-state index contributed by atoms with van der Waals surface area (Å²) in [6, 6.07) is 0. The summed E-state index contributed by atoms with van der Waals surface area (Å²) in [5, 5.41) is 0. The number of alkyl halides is 3. The lowest BCUT2D eigenvalue weighted by molar-refractivity contribution is -0.170. The Hall–Kier alpha value is -0.250. The van der Waals surface area contributed by atoms with Crippen molar-refractivity contribution in [1.29, 1.82) is 0 Å². The molecule has 16 heavy (non-hydrogen) atoms. The molecule has 4 heteroatoms. The minimum absolute atomic E-state index is 0.206. The van der Waals surface area contributed by atoms with Gasteiger partial charge < -0.3 is 4.90 Å². The van der Waals surface area contributed by atoms with Gasteiger partial charge in [-0.2, -0.15) is 13.2 Å². The molecule has 1 saturated heterocycles. The van der Waals surface area contributed by atoms with E-state index in [1.54, 1.807) is 0 Å². The summed E-state index contributed by atoms with van der Waals surface area (Å²) in [5.74, 6) is -1.08. The van der Waals surface area contributed by atoms with E-state index in [-0.39, 0.29) is 13.0 Å². The molecular weight excluding hydrogens is 215 g/mol. The van der Waals surface area contributed by atoms with Gasteiger partial charge in [0.1, 0.15) is 0 Å². The van der Waals surface area contributed by atoms with Gasteiger partial charge in [0.2, 0.25) is 0 Å². The third kappa shape index (κ3) is 7.09. The van der Waals surface area contributed by atoms with Crippen LogP contribution in [0.3, 0.4) is 0 Å². The highest BCUT2D eigenvalue weighted by Crippen LogP contribution is 2.33. The van der Waals surface area contributed by atoms with Crippen molar-refractivity contribution in [3.8, 4) is 0 Å². The Bertz CT molecular complexity index is 146. The maximum Gasteiger partial charge on any atom is 0.393 e. The molecule has 1 unspecified atom stereocenters. The molecule has 100 valence electrons. The van der Waals surface area contributed by atoms with Crippen LogP contribution in [0.5, 0.6) is 0 Å². The fraction of sp³-hybridized carbons (Fsp3) is 1.00. The van der Waals surface area contributed by atoms with Crippen molar-refractivity contribution in [2.75, 3.05) is 19.6 Å².